The minimum Gasteiger partial charge on any atom is -0.312 e. The summed E-state index contributed by atoms with van der Waals surface area (Å²) < 4.78 is 0. The Labute approximate surface area is 121 Å². The SMILES string of the molecule is CCCNC(CCCC(C)C)C1(N(C)C)CCCC1. The summed E-state index contributed by atoms with van der Waals surface area (Å²) in [6, 6.07) is 0.684. The van der Waals surface area contributed by atoms with Gasteiger partial charge in [-0.05, 0) is 52.2 Å². The summed E-state index contributed by atoms with van der Waals surface area (Å²) in [6.45, 7) is 8.12. The van der Waals surface area contributed by atoms with E-state index in [1.54, 1.807) is 0 Å². The average molecular weight is 268 g/mol. The van der Waals surface area contributed by atoms with Gasteiger partial charge in [0.05, 0.1) is 0 Å². The molecule has 0 bridgehead atoms. The van der Waals surface area contributed by atoms with Gasteiger partial charge in [0, 0.05) is 11.6 Å². The van der Waals surface area contributed by atoms with Gasteiger partial charge in [-0.3, -0.25) is 0 Å². The normalized spacial score (nSPS) is 20.4. The van der Waals surface area contributed by atoms with Crippen LogP contribution in [0, 0.1) is 5.92 Å². The van der Waals surface area contributed by atoms with E-state index in [0.29, 0.717) is 11.6 Å². The highest BCUT2D eigenvalue weighted by molar-refractivity contribution is 5.01. The summed E-state index contributed by atoms with van der Waals surface area (Å²) in [5, 5.41) is 3.87. The van der Waals surface area contributed by atoms with Gasteiger partial charge in [-0.15, -0.1) is 0 Å². The van der Waals surface area contributed by atoms with Crippen molar-refractivity contribution in [3.63, 3.8) is 0 Å². The fourth-order valence-electron chi connectivity index (χ4n) is 3.70. The van der Waals surface area contributed by atoms with E-state index in [9.17, 15) is 0 Å². The summed E-state index contributed by atoms with van der Waals surface area (Å²) >= 11 is 0. The van der Waals surface area contributed by atoms with E-state index in [1.807, 2.05) is 0 Å². The molecule has 0 heterocycles. The second-order valence-electron chi connectivity index (χ2n) is 7.04. The zero-order valence-corrected chi connectivity index (χ0v) is 14.0. The maximum atomic E-state index is 3.87. The summed E-state index contributed by atoms with van der Waals surface area (Å²) in [6.07, 6.45) is 10.9. The van der Waals surface area contributed by atoms with Crippen molar-refractivity contribution in [1.82, 2.24) is 10.2 Å². The summed E-state index contributed by atoms with van der Waals surface area (Å²) in [4.78, 5) is 2.52. The van der Waals surface area contributed by atoms with Crippen molar-refractivity contribution >= 4 is 0 Å². The molecule has 114 valence electrons. The molecule has 0 amide bonds. The van der Waals surface area contributed by atoms with Gasteiger partial charge in [0.1, 0.15) is 0 Å². The molecule has 1 aliphatic carbocycles. The van der Waals surface area contributed by atoms with Crippen LogP contribution in [-0.4, -0.2) is 37.1 Å². The lowest BCUT2D eigenvalue weighted by Gasteiger charge is -2.44. The minimum absolute atomic E-state index is 0.423. The van der Waals surface area contributed by atoms with E-state index in [1.165, 1.54) is 57.9 Å². The van der Waals surface area contributed by atoms with E-state index in [2.05, 4.69) is 45.1 Å². The van der Waals surface area contributed by atoms with Crippen LogP contribution in [-0.2, 0) is 0 Å². The van der Waals surface area contributed by atoms with Crippen LogP contribution in [0.25, 0.3) is 0 Å². The second-order valence-corrected chi connectivity index (χ2v) is 7.04. The van der Waals surface area contributed by atoms with Gasteiger partial charge in [0.2, 0.25) is 0 Å². The zero-order valence-electron chi connectivity index (χ0n) is 14.0. The van der Waals surface area contributed by atoms with Gasteiger partial charge in [-0.1, -0.05) is 46.5 Å². The molecule has 0 aromatic carbocycles. The molecule has 1 fully saturated rings. The molecule has 1 saturated carbocycles. The summed E-state index contributed by atoms with van der Waals surface area (Å²) in [7, 11) is 4.57. The molecule has 2 heteroatoms. The quantitative estimate of drug-likeness (QED) is 0.678. The number of rotatable bonds is 9. The van der Waals surface area contributed by atoms with Crippen LogP contribution in [0.4, 0.5) is 0 Å². The van der Waals surface area contributed by atoms with Crippen molar-refractivity contribution in [1.29, 1.82) is 0 Å². The van der Waals surface area contributed by atoms with Crippen LogP contribution in [0.15, 0.2) is 0 Å². The van der Waals surface area contributed by atoms with Crippen LogP contribution in [0.5, 0.6) is 0 Å². The number of hydrogen-bond donors (Lipinski definition) is 1. The van der Waals surface area contributed by atoms with E-state index >= 15 is 0 Å². The first-order valence-electron chi connectivity index (χ1n) is 8.43. The molecule has 1 unspecified atom stereocenters. The fraction of sp³-hybridized carbons (Fsp3) is 1.00. The molecular weight excluding hydrogens is 232 g/mol. The number of likely N-dealkylation sites (N-methyl/N-ethyl adjacent to an activating group) is 1. The van der Waals surface area contributed by atoms with Crippen LogP contribution in [0.3, 0.4) is 0 Å². The highest BCUT2D eigenvalue weighted by atomic mass is 15.2. The Hall–Kier alpha value is -0.0800. The standard InChI is InChI=1S/C17H36N2/c1-6-14-18-16(11-9-10-15(2)3)17(19(4)5)12-7-8-13-17/h15-16,18H,6-14H2,1-5H3. The third kappa shape index (κ3) is 4.75. The predicted molar refractivity (Wildman–Crippen MR) is 85.7 cm³/mol. The minimum atomic E-state index is 0.423. The Balaban J connectivity index is 2.64. The molecule has 0 aromatic heterocycles. The Morgan fingerprint density at radius 1 is 1.11 bits per heavy atom. The van der Waals surface area contributed by atoms with E-state index < -0.39 is 0 Å². The first kappa shape index (κ1) is 17.0. The predicted octanol–water partition coefficient (Wildman–Crippen LogP) is 4.06. The Morgan fingerprint density at radius 3 is 2.21 bits per heavy atom. The van der Waals surface area contributed by atoms with Crippen molar-refractivity contribution < 1.29 is 0 Å². The highest BCUT2D eigenvalue weighted by Gasteiger charge is 2.42. The first-order chi connectivity index (χ1) is 9.03. The van der Waals surface area contributed by atoms with Gasteiger partial charge < -0.3 is 10.2 Å². The molecule has 0 radical (unpaired) electrons. The maximum absolute atomic E-state index is 3.87. The molecule has 0 saturated heterocycles. The smallest absolute Gasteiger partial charge is 0.0356 e. The van der Waals surface area contributed by atoms with Crippen LogP contribution in [0.2, 0.25) is 0 Å². The van der Waals surface area contributed by atoms with Gasteiger partial charge >= 0.3 is 0 Å². The Kier molecular flexibility index (Phi) is 7.38. The fourth-order valence-corrected chi connectivity index (χ4v) is 3.70. The Morgan fingerprint density at radius 2 is 1.74 bits per heavy atom. The first-order valence-corrected chi connectivity index (χ1v) is 8.43. The zero-order chi connectivity index (χ0) is 14.3. The molecule has 0 aliphatic heterocycles. The monoisotopic (exact) mass is 268 g/mol. The van der Waals surface area contributed by atoms with Crippen LogP contribution in [0.1, 0.15) is 72.1 Å². The van der Waals surface area contributed by atoms with Gasteiger partial charge in [-0.2, -0.15) is 0 Å². The molecule has 1 N–H and O–H groups in total. The lowest BCUT2D eigenvalue weighted by molar-refractivity contribution is 0.0979. The van der Waals surface area contributed by atoms with Gasteiger partial charge in [0.15, 0.2) is 0 Å². The molecule has 0 aromatic rings. The molecule has 2 nitrogen and oxygen atoms in total. The summed E-state index contributed by atoms with van der Waals surface area (Å²) in [5.41, 5.74) is 0.423. The van der Waals surface area contributed by atoms with E-state index in [4.69, 9.17) is 0 Å². The van der Waals surface area contributed by atoms with E-state index in [0.717, 1.165) is 5.92 Å². The van der Waals surface area contributed by atoms with Crippen molar-refractivity contribution in [2.45, 2.75) is 83.7 Å². The number of nitrogens with one attached hydrogen (secondary N) is 1. The average Bonchev–Trinajstić information content (AvgIpc) is 2.83. The largest absolute Gasteiger partial charge is 0.312 e. The third-order valence-electron chi connectivity index (χ3n) is 4.92. The molecule has 0 spiro atoms. The van der Waals surface area contributed by atoms with Gasteiger partial charge in [-0.25, -0.2) is 0 Å². The third-order valence-corrected chi connectivity index (χ3v) is 4.92. The number of nitrogens with zero attached hydrogens (tertiary/aromatic N) is 1. The highest BCUT2D eigenvalue weighted by Crippen LogP contribution is 2.38. The molecule has 1 atom stereocenters. The van der Waals surface area contributed by atoms with Crippen molar-refractivity contribution in [2.24, 2.45) is 5.92 Å². The lowest BCUT2D eigenvalue weighted by Crippen LogP contribution is -2.57. The molecular formula is C17H36N2. The topological polar surface area (TPSA) is 15.3 Å². The lowest BCUT2D eigenvalue weighted by atomic mass is 9.83. The summed E-state index contributed by atoms with van der Waals surface area (Å²) in [5.74, 6) is 0.839. The maximum Gasteiger partial charge on any atom is 0.0356 e. The van der Waals surface area contributed by atoms with E-state index in [-0.39, 0.29) is 0 Å². The molecule has 1 rings (SSSR count). The van der Waals surface area contributed by atoms with Gasteiger partial charge in [0.25, 0.3) is 0 Å². The Bertz CT molecular complexity index is 229. The van der Waals surface area contributed by atoms with Crippen molar-refractivity contribution in [3.8, 4) is 0 Å². The molecule has 1 aliphatic rings. The van der Waals surface area contributed by atoms with Crippen LogP contribution >= 0.6 is 0 Å². The van der Waals surface area contributed by atoms with Crippen molar-refractivity contribution in [3.05, 3.63) is 0 Å². The molecule has 19 heavy (non-hydrogen) atoms. The van der Waals surface area contributed by atoms with Crippen LogP contribution < -0.4 is 5.32 Å². The number of hydrogen-bond acceptors (Lipinski definition) is 2. The van der Waals surface area contributed by atoms with Crippen molar-refractivity contribution in [2.75, 3.05) is 20.6 Å². The second kappa shape index (κ2) is 8.26.